The van der Waals surface area contributed by atoms with Crippen LogP contribution >= 0.6 is 0 Å². The monoisotopic (exact) mass is 517 g/mol. The normalized spacial score (nSPS) is 21.9. The fraction of sp³-hybridized carbons (Fsp3) is 0.560. The van der Waals surface area contributed by atoms with Gasteiger partial charge in [0, 0.05) is 39.0 Å². The number of nitrogens with zero attached hydrogens (tertiary/aromatic N) is 5. The molecule has 1 aliphatic carbocycles. The van der Waals surface area contributed by atoms with Crippen molar-refractivity contribution in [2.75, 3.05) is 26.7 Å². The second-order valence-corrected chi connectivity index (χ2v) is 11.8. The third-order valence-electron chi connectivity index (χ3n) is 6.98. The third-order valence-corrected chi connectivity index (χ3v) is 8.68. The van der Waals surface area contributed by atoms with E-state index in [2.05, 4.69) is 16.0 Å². The molecule has 4 rings (SSSR count). The van der Waals surface area contributed by atoms with E-state index in [1.54, 1.807) is 29.6 Å². The first-order chi connectivity index (χ1) is 17.1. The van der Waals surface area contributed by atoms with Crippen LogP contribution in [-0.2, 0) is 17.1 Å². The van der Waals surface area contributed by atoms with E-state index >= 15 is 0 Å². The topological polar surface area (TPSA) is 118 Å². The number of aryl methyl sites for hydroxylation is 1. The van der Waals surface area contributed by atoms with Crippen LogP contribution in [0.3, 0.4) is 0 Å². The lowest BCUT2D eigenvalue weighted by Crippen LogP contribution is -2.50. The summed E-state index contributed by atoms with van der Waals surface area (Å²) in [6.45, 7) is 3.85. The summed E-state index contributed by atoms with van der Waals surface area (Å²) in [4.78, 5) is 23.8. The van der Waals surface area contributed by atoms with Crippen molar-refractivity contribution in [3.05, 3.63) is 42.0 Å². The lowest BCUT2D eigenvalue weighted by molar-refractivity contribution is 0.0373. The van der Waals surface area contributed by atoms with Gasteiger partial charge in [-0.3, -0.25) is 4.79 Å². The molecule has 2 aromatic rings. The van der Waals surface area contributed by atoms with Crippen molar-refractivity contribution in [3.63, 3.8) is 0 Å². The Morgan fingerprint density at radius 1 is 1.31 bits per heavy atom. The molecule has 36 heavy (non-hydrogen) atoms. The number of aliphatic hydroxyl groups excluding tert-OH is 1. The number of fused-ring (bicyclic) bond motifs is 1. The van der Waals surface area contributed by atoms with E-state index in [9.17, 15) is 18.3 Å². The lowest BCUT2D eigenvalue weighted by Gasteiger charge is -2.37. The van der Waals surface area contributed by atoms with Crippen molar-refractivity contribution >= 4 is 21.5 Å². The van der Waals surface area contributed by atoms with Crippen LogP contribution in [0.15, 0.2) is 35.9 Å². The van der Waals surface area contributed by atoms with E-state index in [0.717, 1.165) is 31.2 Å². The number of hydrogen-bond donors (Lipinski definition) is 1. The van der Waals surface area contributed by atoms with E-state index in [0.29, 0.717) is 12.1 Å². The van der Waals surface area contributed by atoms with Gasteiger partial charge in [-0.1, -0.05) is 13.0 Å². The summed E-state index contributed by atoms with van der Waals surface area (Å²) >= 11 is 0. The Morgan fingerprint density at radius 2 is 2.08 bits per heavy atom. The van der Waals surface area contributed by atoms with Gasteiger partial charge in [-0.15, -0.1) is 0 Å². The van der Waals surface area contributed by atoms with Gasteiger partial charge in [-0.25, -0.2) is 18.4 Å². The number of likely N-dealkylation sites (N-methyl/N-ethyl adjacent to an activating group) is 1. The number of rotatable bonds is 7. The molecule has 0 radical (unpaired) electrons. The molecule has 1 N–H and O–H groups in total. The first-order valence-corrected chi connectivity index (χ1v) is 13.8. The summed E-state index contributed by atoms with van der Waals surface area (Å²) in [7, 11) is -0.633. The van der Waals surface area contributed by atoms with Crippen LogP contribution in [0.5, 0.6) is 5.88 Å². The molecule has 0 saturated heterocycles. The summed E-state index contributed by atoms with van der Waals surface area (Å²) < 4.78 is 35.2. The number of carbonyl (C=O) groups excluding carboxylic acids is 1. The molecule has 3 atom stereocenters. The van der Waals surface area contributed by atoms with Gasteiger partial charge in [-0.05, 0) is 49.8 Å². The van der Waals surface area contributed by atoms with Crippen LogP contribution in [0.2, 0.25) is 0 Å². The van der Waals surface area contributed by atoms with Gasteiger partial charge in [-0.2, -0.15) is 4.31 Å². The van der Waals surface area contributed by atoms with Gasteiger partial charge in [0.05, 0.1) is 25.5 Å². The quantitative estimate of drug-likeness (QED) is 0.599. The van der Waals surface area contributed by atoms with Gasteiger partial charge >= 0.3 is 0 Å². The van der Waals surface area contributed by atoms with Crippen molar-refractivity contribution in [3.8, 4) is 5.88 Å². The molecule has 10 nitrogen and oxygen atoms in total. The molecular weight excluding hydrogens is 482 g/mol. The number of hydrogen-bond acceptors (Lipinski definition) is 7. The van der Waals surface area contributed by atoms with Crippen LogP contribution in [0, 0.1) is 5.92 Å². The molecule has 196 valence electrons. The van der Waals surface area contributed by atoms with Crippen molar-refractivity contribution in [1.82, 2.24) is 23.7 Å². The zero-order chi connectivity index (χ0) is 26.0. The van der Waals surface area contributed by atoms with Gasteiger partial charge in [0.2, 0.25) is 5.88 Å². The van der Waals surface area contributed by atoms with Crippen molar-refractivity contribution in [1.29, 1.82) is 0 Å². The second kappa shape index (κ2) is 10.7. The number of imidazole rings is 1. The van der Waals surface area contributed by atoms with Crippen LogP contribution in [0.25, 0.3) is 5.57 Å². The fourth-order valence-electron chi connectivity index (χ4n) is 4.63. The number of ether oxygens (including phenoxy) is 1. The molecule has 1 aliphatic heterocycles. The highest BCUT2D eigenvalue weighted by atomic mass is 32.2. The second-order valence-electron chi connectivity index (χ2n) is 9.84. The number of carbonyl (C=O) groups is 1. The molecule has 11 heteroatoms. The Balaban J connectivity index is 1.68. The van der Waals surface area contributed by atoms with Crippen molar-refractivity contribution in [2.24, 2.45) is 13.0 Å². The van der Waals surface area contributed by atoms with Crippen molar-refractivity contribution in [2.45, 2.75) is 56.7 Å². The Labute approximate surface area is 212 Å². The number of amides is 1. The van der Waals surface area contributed by atoms with Gasteiger partial charge in [0.25, 0.3) is 15.9 Å². The summed E-state index contributed by atoms with van der Waals surface area (Å²) in [5.41, 5.74) is 2.38. The maximum absolute atomic E-state index is 13.6. The van der Waals surface area contributed by atoms with E-state index < -0.39 is 22.2 Å². The minimum Gasteiger partial charge on any atom is -0.472 e. The predicted molar refractivity (Wildman–Crippen MR) is 135 cm³/mol. The average Bonchev–Trinajstić information content (AvgIpc) is 3.33. The predicted octanol–water partition coefficient (Wildman–Crippen LogP) is 2.31. The van der Waals surface area contributed by atoms with Gasteiger partial charge < -0.3 is 19.3 Å². The Kier molecular flexibility index (Phi) is 7.82. The molecule has 0 bridgehead atoms. The molecule has 2 aromatic heterocycles. The maximum atomic E-state index is 13.6. The smallest absolute Gasteiger partial charge is 0.261 e. The molecule has 0 fully saturated rings. The van der Waals surface area contributed by atoms with Crippen LogP contribution in [0.4, 0.5) is 0 Å². The van der Waals surface area contributed by atoms with E-state index in [1.165, 1.54) is 29.5 Å². The molecule has 0 aromatic carbocycles. The largest absolute Gasteiger partial charge is 0.472 e. The molecule has 0 spiro atoms. The van der Waals surface area contributed by atoms with Crippen LogP contribution < -0.4 is 4.74 Å². The Hall–Kier alpha value is -2.76. The van der Waals surface area contributed by atoms with Gasteiger partial charge in [0.1, 0.15) is 11.7 Å². The standard InChI is InChI=1S/C25H35N5O5S/c1-17-12-30(18(2)15-31)25(32)21-10-20(19-8-6-5-7-9-19)11-26-24(21)35-22(17)13-29(4)36(33,34)23-14-28(3)16-27-23/h8,10-11,14,16-18,22,31H,5-7,9,12-13,15H2,1-4H3/t17-,18-,22+/m1/s1. The highest BCUT2D eigenvalue weighted by molar-refractivity contribution is 7.89. The molecule has 1 amide bonds. The zero-order valence-corrected chi connectivity index (χ0v) is 22.1. The minimum atomic E-state index is -3.83. The summed E-state index contributed by atoms with van der Waals surface area (Å²) in [6, 6.07) is 1.40. The lowest BCUT2D eigenvalue weighted by atomic mass is 9.93. The van der Waals surface area contributed by atoms with Crippen molar-refractivity contribution < 1.29 is 23.1 Å². The molecule has 0 unspecified atom stereocenters. The zero-order valence-electron chi connectivity index (χ0n) is 21.3. The summed E-state index contributed by atoms with van der Waals surface area (Å²) in [5, 5.41) is 9.82. The minimum absolute atomic E-state index is 0.0411. The molecule has 0 saturated carbocycles. The number of pyridine rings is 1. The number of aliphatic hydroxyl groups is 1. The van der Waals surface area contributed by atoms with E-state index in [-0.39, 0.29) is 35.9 Å². The maximum Gasteiger partial charge on any atom is 0.261 e. The van der Waals surface area contributed by atoms with Gasteiger partial charge in [0.15, 0.2) is 5.03 Å². The first kappa shape index (κ1) is 26.3. The SMILES string of the molecule is C[C@@H]1CN([C@H](C)CO)C(=O)c2cc(C3=CCCCC3)cnc2O[C@H]1CN(C)S(=O)(=O)c1cn(C)cn1. The molecular formula is C25H35N5O5S. The number of sulfonamides is 1. The number of allylic oxidation sites excluding steroid dienone is 2. The summed E-state index contributed by atoms with van der Waals surface area (Å²) in [6.07, 6.45) is 10.4. The van der Waals surface area contributed by atoms with Crippen LogP contribution in [-0.4, -0.2) is 82.1 Å². The summed E-state index contributed by atoms with van der Waals surface area (Å²) in [5.74, 6) is -0.312. The Morgan fingerprint density at radius 3 is 2.72 bits per heavy atom. The molecule has 2 aliphatic rings. The third kappa shape index (κ3) is 5.33. The Bertz CT molecular complexity index is 1240. The molecule has 3 heterocycles. The average molecular weight is 518 g/mol. The fourth-order valence-corrected chi connectivity index (χ4v) is 5.77. The van der Waals surface area contributed by atoms with E-state index in [1.807, 2.05) is 13.0 Å². The highest BCUT2D eigenvalue weighted by Gasteiger charge is 2.36. The number of aromatic nitrogens is 3. The first-order valence-electron chi connectivity index (χ1n) is 12.3. The van der Waals surface area contributed by atoms with Crippen LogP contribution in [0.1, 0.15) is 55.5 Å². The van der Waals surface area contributed by atoms with E-state index in [4.69, 9.17) is 4.74 Å². The highest BCUT2D eigenvalue weighted by Crippen LogP contribution is 2.32.